The first-order valence-corrected chi connectivity index (χ1v) is 7.19. The van der Waals surface area contributed by atoms with Gasteiger partial charge in [0.25, 0.3) is 0 Å². The Hall–Kier alpha value is -1.80. The quantitative estimate of drug-likeness (QED) is 0.856. The van der Waals surface area contributed by atoms with Crippen molar-refractivity contribution in [3.8, 4) is 5.75 Å². The summed E-state index contributed by atoms with van der Waals surface area (Å²) >= 11 is 0. The first kappa shape index (κ1) is 14.6. The average Bonchev–Trinajstić information content (AvgIpc) is 2.47. The topological polar surface area (TPSA) is 21.3 Å². The molecule has 0 atom stereocenters. The molecule has 0 aromatic heterocycles. The van der Waals surface area contributed by atoms with Crippen molar-refractivity contribution >= 4 is 0 Å². The van der Waals surface area contributed by atoms with Crippen LogP contribution in [-0.4, -0.2) is 6.54 Å². The predicted molar refractivity (Wildman–Crippen MR) is 84.1 cm³/mol. The summed E-state index contributed by atoms with van der Waals surface area (Å²) in [6.07, 6.45) is 0. The van der Waals surface area contributed by atoms with Gasteiger partial charge in [0.2, 0.25) is 0 Å². The van der Waals surface area contributed by atoms with E-state index in [2.05, 4.69) is 56.4 Å². The van der Waals surface area contributed by atoms with Crippen molar-refractivity contribution in [2.24, 2.45) is 0 Å². The normalized spacial score (nSPS) is 10.6. The molecule has 2 rings (SSSR count). The van der Waals surface area contributed by atoms with Gasteiger partial charge in [-0.05, 0) is 48.7 Å². The molecular weight excluding hydrogens is 246 g/mol. The molecule has 2 nitrogen and oxygen atoms in total. The van der Waals surface area contributed by atoms with Gasteiger partial charge in [0.1, 0.15) is 12.4 Å². The van der Waals surface area contributed by atoms with E-state index in [4.69, 9.17) is 4.74 Å². The van der Waals surface area contributed by atoms with Crippen LogP contribution in [0, 0.1) is 13.8 Å². The third-order valence-corrected chi connectivity index (χ3v) is 3.62. The van der Waals surface area contributed by atoms with Crippen molar-refractivity contribution in [1.82, 2.24) is 5.32 Å². The molecular formula is C18H23NO. The van der Waals surface area contributed by atoms with Crippen LogP contribution in [0.1, 0.15) is 29.2 Å². The van der Waals surface area contributed by atoms with E-state index in [9.17, 15) is 0 Å². The Morgan fingerprint density at radius 1 is 0.950 bits per heavy atom. The number of ether oxygens (including phenoxy) is 1. The molecule has 0 saturated heterocycles. The van der Waals surface area contributed by atoms with Crippen molar-refractivity contribution in [3.05, 3.63) is 64.7 Å². The van der Waals surface area contributed by atoms with Gasteiger partial charge in [-0.15, -0.1) is 0 Å². The lowest BCUT2D eigenvalue weighted by atomic mass is 10.1. The monoisotopic (exact) mass is 269 g/mol. The van der Waals surface area contributed by atoms with Crippen LogP contribution in [0.4, 0.5) is 0 Å². The Labute approximate surface area is 121 Å². The zero-order valence-corrected chi connectivity index (χ0v) is 12.6. The fourth-order valence-corrected chi connectivity index (χ4v) is 2.17. The van der Waals surface area contributed by atoms with Crippen LogP contribution in [0.25, 0.3) is 0 Å². The number of rotatable bonds is 6. The molecule has 0 aliphatic heterocycles. The second-order valence-electron chi connectivity index (χ2n) is 5.04. The lowest BCUT2D eigenvalue weighted by Crippen LogP contribution is -2.14. The Morgan fingerprint density at radius 3 is 2.45 bits per heavy atom. The first-order chi connectivity index (χ1) is 9.72. The summed E-state index contributed by atoms with van der Waals surface area (Å²) in [5.74, 6) is 0.975. The number of aryl methyl sites for hydroxylation is 1. The van der Waals surface area contributed by atoms with E-state index in [1.165, 1.54) is 22.3 Å². The molecule has 2 aromatic carbocycles. The maximum atomic E-state index is 6.00. The third kappa shape index (κ3) is 3.61. The van der Waals surface area contributed by atoms with E-state index in [-0.39, 0.29) is 0 Å². The summed E-state index contributed by atoms with van der Waals surface area (Å²) in [6.45, 7) is 8.83. The van der Waals surface area contributed by atoms with Crippen molar-refractivity contribution < 1.29 is 4.74 Å². The molecule has 20 heavy (non-hydrogen) atoms. The van der Waals surface area contributed by atoms with Gasteiger partial charge >= 0.3 is 0 Å². The van der Waals surface area contributed by atoms with Crippen LogP contribution < -0.4 is 10.1 Å². The smallest absolute Gasteiger partial charge is 0.122 e. The maximum Gasteiger partial charge on any atom is 0.122 e. The minimum absolute atomic E-state index is 0.617. The number of nitrogens with one attached hydrogen (secondary N) is 1. The molecule has 0 heterocycles. The number of hydrogen-bond acceptors (Lipinski definition) is 2. The maximum absolute atomic E-state index is 6.00. The molecule has 2 aromatic rings. The van der Waals surface area contributed by atoms with E-state index in [0.29, 0.717) is 6.61 Å². The van der Waals surface area contributed by atoms with Crippen molar-refractivity contribution in [1.29, 1.82) is 0 Å². The van der Waals surface area contributed by atoms with Crippen LogP contribution in [-0.2, 0) is 13.2 Å². The van der Waals surface area contributed by atoms with Crippen LogP contribution >= 0.6 is 0 Å². The molecule has 2 heteroatoms. The van der Waals surface area contributed by atoms with Gasteiger partial charge in [0.15, 0.2) is 0 Å². The van der Waals surface area contributed by atoms with E-state index in [1.807, 2.05) is 12.1 Å². The van der Waals surface area contributed by atoms with Gasteiger partial charge in [0.05, 0.1) is 0 Å². The van der Waals surface area contributed by atoms with Crippen LogP contribution in [0.3, 0.4) is 0 Å². The average molecular weight is 269 g/mol. The molecule has 0 fully saturated rings. The lowest BCUT2D eigenvalue weighted by molar-refractivity contribution is 0.302. The van der Waals surface area contributed by atoms with E-state index >= 15 is 0 Å². The Kier molecular flexibility index (Phi) is 5.19. The summed E-state index contributed by atoms with van der Waals surface area (Å²) < 4.78 is 6.00. The van der Waals surface area contributed by atoms with Crippen LogP contribution in [0.5, 0.6) is 5.75 Å². The van der Waals surface area contributed by atoms with E-state index in [0.717, 1.165) is 18.8 Å². The summed E-state index contributed by atoms with van der Waals surface area (Å²) in [5, 5.41) is 3.37. The highest BCUT2D eigenvalue weighted by Gasteiger charge is 2.05. The Bertz CT molecular complexity index is 563. The minimum atomic E-state index is 0.617. The summed E-state index contributed by atoms with van der Waals surface area (Å²) in [4.78, 5) is 0. The summed E-state index contributed by atoms with van der Waals surface area (Å²) in [6, 6.07) is 14.6. The van der Waals surface area contributed by atoms with Gasteiger partial charge in [0, 0.05) is 6.54 Å². The molecule has 1 N–H and O–H groups in total. The zero-order valence-electron chi connectivity index (χ0n) is 12.6. The van der Waals surface area contributed by atoms with Crippen molar-refractivity contribution in [2.45, 2.75) is 33.9 Å². The third-order valence-electron chi connectivity index (χ3n) is 3.62. The molecule has 0 radical (unpaired) electrons. The predicted octanol–water partition coefficient (Wildman–Crippen LogP) is 3.99. The fourth-order valence-electron chi connectivity index (χ4n) is 2.17. The van der Waals surface area contributed by atoms with Gasteiger partial charge < -0.3 is 10.1 Å². The summed E-state index contributed by atoms with van der Waals surface area (Å²) in [5.41, 5.74) is 5.04. The lowest BCUT2D eigenvalue weighted by Gasteiger charge is -2.13. The molecule has 106 valence electrons. The number of hydrogen-bond donors (Lipinski definition) is 1. The standard InChI is InChI=1S/C18H23NO/c1-4-19-12-16-9-5-6-10-17(16)13-20-18-11-7-8-14(2)15(18)3/h5-11,19H,4,12-13H2,1-3H3. The van der Waals surface area contributed by atoms with Gasteiger partial charge in [-0.2, -0.15) is 0 Å². The van der Waals surface area contributed by atoms with E-state index < -0.39 is 0 Å². The molecule has 0 unspecified atom stereocenters. The van der Waals surface area contributed by atoms with Crippen molar-refractivity contribution in [3.63, 3.8) is 0 Å². The SMILES string of the molecule is CCNCc1ccccc1COc1cccc(C)c1C. The molecule has 0 amide bonds. The van der Waals surface area contributed by atoms with Gasteiger partial charge in [-0.25, -0.2) is 0 Å². The fraction of sp³-hybridized carbons (Fsp3) is 0.333. The molecule has 0 aliphatic carbocycles. The molecule has 0 spiro atoms. The largest absolute Gasteiger partial charge is 0.489 e. The Balaban J connectivity index is 2.09. The zero-order chi connectivity index (χ0) is 14.4. The van der Waals surface area contributed by atoms with Gasteiger partial charge in [-0.3, -0.25) is 0 Å². The second-order valence-corrected chi connectivity index (χ2v) is 5.04. The van der Waals surface area contributed by atoms with Crippen LogP contribution in [0.15, 0.2) is 42.5 Å². The van der Waals surface area contributed by atoms with Gasteiger partial charge in [-0.1, -0.05) is 43.3 Å². The second kappa shape index (κ2) is 7.11. The van der Waals surface area contributed by atoms with Crippen molar-refractivity contribution in [2.75, 3.05) is 6.54 Å². The van der Waals surface area contributed by atoms with E-state index in [1.54, 1.807) is 0 Å². The molecule has 0 aliphatic rings. The highest BCUT2D eigenvalue weighted by Crippen LogP contribution is 2.22. The highest BCUT2D eigenvalue weighted by atomic mass is 16.5. The minimum Gasteiger partial charge on any atom is -0.489 e. The van der Waals surface area contributed by atoms with Crippen LogP contribution in [0.2, 0.25) is 0 Å². The molecule has 0 bridgehead atoms. The summed E-state index contributed by atoms with van der Waals surface area (Å²) in [7, 11) is 0. The highest BCUT2D eigenvalue weighted by molar-refractivity contribution is 5.38. The first-order valence-electron chi connectivity index (χ1n) is 7.19. The molecule has 0 saturated carbocycles. The number of benzene rings is 2. The Morgan fingerprint density at radius 2 is 1.70 bits per heavy atom.